The number of hydrogen-bond donors (Lipinski definition) is 0. The van der Waals surface area contributed by atoms with Gasteiger partial charge in [-0.1, -0.05) is 72.8 Å². The van der Waals surface area contributed by atoms with Gasteiger partial charge in [0, 0.05) is 23.3 Å². The molecule has 3 aromatic heterocycles. The number of pyridine rings is 2. The summed E-state index contributed by atoms with van der Waals surface area (Å²) in [6.07, 6.45) is 3.65. The average Bonchev–Trinajstić information content (AvgIpc) is 3.44. The van der Waals surface area contributed by atoms with Gasteiger partial charge in [-0.25, -0.2) is 15.0 Å². The van der Waals surface area contributed by atoms with E-state index in [2.05, 4.69) is 99.9 Å². The van der Waals surface area contributed by atoms with Crippen LogP contribution in [0.5, 0.6) is 0 Å². The highest BCUT2D eigenvalue weighted by atomic mass is 16.3. The summed E-state index contributed by atoms with van der Waals surface area (Å²) >= 11 is 0. The Morgan fingerprint density at radius 2 is 1.05 bits per heavy atom. The van der Waals surface area contributed by atoms with Gasteiger partial charge in [-0.15, -0.1) is 0 Å². The fraction of sp³-hybridized carbons (Fsp3) is 0. The van der Waals surface area contributed by atoms with Crippen LogP contribution in [0, 0.1) is 0 Å². The second kappa shape index (κ2) is 8.61. The van der Waals surface area contributed by atoms with Gasteiger partial charge in [0.2, 0.25) is 5.89 Å². The summed E-state index contributed by atoms with van der Waals surface area (Å²) < 4.78 is 6.02. The van der Waals surface area contributed by atoms with Crippen LogP contribution in [0.3, 0.4) is 0 Å². The standard InChI is InChI=1S/C35H21N3O/c1-3-10-26-24(8-1)32(22-15-17-23(18-16-22)35-38-30-13-5-6-14-31(30)39-35)25-9-2-4-11-27(25)33(26)28-19-21-37-34-29(28)12-7-20-36-34/h1-21H. The minimum atomic E-state index is 0.631. The highest BCUT2D eigenvalue weighted by Crippen LogP contribution is 2.45. The van der Waals surface area contributed by atoms with Gasteiger partial charge in [0.15, 0.2) is 11.2 Å². The van der Waals surface area contributed by atoms with Gasteiger partial charge in [0.25, 0.3) is 0 Å². The second-order valence-electron chi connectivity index (χ2n) is 9.64. The Bertz CT molecular complexity index is 2080. The summed E-state index contributed by atoms with van der Waals surface area (Å²) in [5.74, 6) is 0.631. The number of nitrogens with zero attached hydrogens (tertiary/aromatic N) is 3. The summed E-state index contributed by atoms with van der Waals surface area (Å²) in [6, 6.07) is 39.9. The minimum Gasteiger partial charge on any atom is -0.436 e. The van der Waals surface area contributed by atoms with Crippen molar-refractivity contribution in [3.8, 4) is 33.7 Å². The molecule has 0 spiro atoms. The molecule has 8 aromatic rings. The maximum Gasteiger partial charge on any atom is 0.227 e. The van der Waals surface area contributed by atoms with Gasteiger partial charge in [0.1, 0.15) is 5.52 Å². The topological polar surface area (TPSA) is 51.8 Å². The van der Waals surface area contributed by atoms with Gasteiger partial charge >= 0.3 is 0 Å². The van der Waals surface area contributed by atoms with Crippen LogP contribution in [0.1, 0.15) is 0 Å². The molecule has 0 amide bonds. The van der Waals surface area contributed by atoms with E-state index in [0.717, 1.165) is 38.8 Å². The zero-order chi connectivity index (χ0) is 25.8. The molecule has 0 radical (unpaired) electrons. The summed E-state index contributed by atoms with van der Waals surface area (Å²) in [5.41, 5.74) is 8.07. The molecule has 0 bridgehead atoms. The van der Waals surface area contributed by atoms with E-state index in [9.17, 15) is 0 Å². The first kappa shape index (κ1) is 21.7. The number of para-hydroxylation sites is 2. The first-order valence-corrected chi connectivity index (χ1v) is 12.9. The lowest BCUT2D eigenvalue weighted by Gasteiger charge is -2.18. The van der Waals surface area contributed by atoms with Crippen molar-refractivity contribution in [2.75, 3.05) is 0 Å². The van der Waals surface area contributed by atoms with Crippen molar-refractivity contribution in [1.82, 2.24) is 15.0 Å². The molecule has 0 atom stereocenters. The Morgan fingerprint density at radius 1 is 0.462 bits per heavy atom. The third kappa shape index (κ3) is 3.42. The molecule has 4 nitrogen and oxygen atoms in total. The largest absolute Gasteiger partial charge is 0.436 e. The maximum absolute atomic E-state index is 6.02. The maximum atomic E-state index is 6.02. The number of hydrogen-bond acceptors (Lipinski definition) is 4. The fourth-order valence-corrected chi connectivity index (χ4v) is 5.71. The third-order valence-electron chi connectivity index (χ3n) is 7.43. The predicted molar refractivity (Wildman–Crippen MR) is 158 cm³/mol. The molecule has 0 fully saturated rings. The molecule has 39 heavy (non-hydrogen) atoms. The molecule has 0 aliphatic rings. The number of fused-ring (bicyclic) bond motifs is 4. The quantitative estimate of drug-likeness (QED) is 0.228. The van der Waals surface area contributed by atoms with E-state index in [4.69, 9.17) is 4.42 Å². The molecule has 0 N–H and O–H groups in total. The lowest BCUT2D eigenvalue weighted by atomic mass is 9.85. The van der Waals surface area contributed by atoms with Gasteiger partial charge in [-0.05, 0) is 86.3 Å². The van der Waals surface area contributed by atoms with E-state index in [1.807, 2.05) is 36.5 Å². The Hall–Kier alpha value is -5.35. The fourth-order valence-electron chi connectivity index (χ4n) is 5.71. The normalized spacial score (nSPS) is 11.6. The average molecular weight is 500 g/mol. The van der Waals surface area contributed by atoms with Crippen molar-refractivity contribution in [2.45, 2.75) is 0 Å². The zero-order valence-corrected chi connectivity index (χ0v) is 20.9. The van der Waals surface area contributed by atoms with E-state index in [1.165, 1.54) is 32.7 Å². The molecular formula is C35H21N3O. The van der Waals surface area contributed by atoms with Gasteiger partial charge < -0.3 is 4.42 Å². The Labute approximate surface area is 224 Å². The molecule has 4 heteroatoms. The van der Waals surface area contributed by atoms with E-state index < -0.39 is 0 Å². The van der Waals surface area contributed by atoms with Crippen molar-refractivity contribution < 1.29 is 4.42 Å². The van der Waals surface area contributed by atoms with Gasteiger partial charge in [0.05, 0.1) is 0 Å². The van der Waals surface area contributed by atoms with Crippen LogP contribution in [0.2, 0.25) is 0 Å². The molecule has 0 saturated carbocycles. The van der Waals surface area contributed by atoms with Crippen LogP contribution in [0.25, 0.3) is 77.4 Å². The number of aromatic nitrogens is 3. The molecule has 8 rings (SSSR count). The Kier molecular flexibility index (Phi) is 4.79. The number of benzene rings is 5. The smallest absolute Gasteiger partial charge is 0.227 e. The van der Waals surface area contributed by atoms with Crippen molar-refractivity contribution in [1.29, 1.82) is 0 Å². The van der Waals surface area contributed by atoms with Crippen LogP contribution in [-0.4, -0.2) is 15.0 Å². The monoisotopic (exact) mass is 499 g/mol. The third-order valence-corrected chi connectivity index (χ3v) is 7.43. The minimum absolute atomic E-state index is 0.631. The van der Waals surface area contributed by atoms with Crippen molar-refractivity contribution in [3.05, 3.63) is 128 Å². The summed E-state index contributed by atoms with van der Waals surface area (Å²) in [6.45, 7) is 0. The first-order chi connectivity index (χ1) is 19.3. The predicted octanol–water partition coefficient (Wildman–Crippen LogP) is 9.08. The van der Waals surface area contributed by atoms with E-state index in [-0.39, 0.29) is 0 Å². The summed E-state index contributed by atoms with van der Waals surface area (Å²) in [4.78, 5) is 13.7. The molecule has 182 valence electrons. The van der Waals surface area contributed by atoms with Gasteiger partial charge in [-0.2, -0.15) is 0 Å². The van der Waals surface area contributed by atoms with Crippen molar-refractivity contribution in [2.24, 2.45) is 0 Å². The Balaban J connectivity index is 1.38. The van der Waals surface area contributed by atoms with Crippen LogP contribution >= 0.6 is 0 Å². The lowest BCUT2D eigenvalue weighted by molar-refractivity contribution is 0.620. The highest BCUT2D eigenvalue weighted by molar-refractivity contribution is 6.23. The molecular weight excluding hydrogens is 478 g/mol. The second-order valence-corrected chi connectivity index (χ2v) is 9.64. The Morgan fingerprint density at radius 3 is 1.77 bits per heavy atom. The molecule has 0 aliphatic carbocycles. The van der Waals surface area contributed by atoms with Crippen LogP contribution in [0.15, 0.2) is 132 Å². The van der Waals surface area contributed by atoms with Crippen LogP contribution < -0.4 is 0 Å². The molecule has 3 heterocycles. The molecule has 5 aromatic carbocycles. The van der Waals surface area contributed by atoms with E-state index in [1.54, 1.807) is 6.20 Å². The summed E-state index contributed by atoms with van der Waals surface area (Å²) in [5, 5.41) is 5.85. The first-order valence-electron chi connectivity index (χ1n) is 12.9. The van der Waals surface area contributed by atoms with Crippen LogP contribution in [0.4, 0.5) is 0 Å². The lowest BCUT2D eigenvalue weighted by Crippen LogP contribution is -1.93. The number of rotatable bonds is 3. The van der Waals surface area contributed by atoms with E-state index in [0.29, 0.717) is 5.89 Å². The zero-order valence-electron chi connectivity index (χ0n) is 20.9. The molecule has 0 aliphatic heterocycles. The summed E-state index contributed by atoms with van der Waals surface area (Å²) in [7, 11) is 0. The van der Waals surface area contributed by atoms with Gasteiger partial charge in [-0.3, -0.25) is 0 Å². The SMILES string of the molecule is c1ccc2oc(-c3ccc(-c4c5ccccc5c(-c5ccnc6ncccc56)c5ccccc45)cc3)nc2c1. The van der Waals surface area contributed by atoms with Crippen molar-refractivity contribution in [3.63, 3.8) is 0 Å². The van der Waals surface area contributed by atoms with Crippen LogP contribution in [-0.2, 0) is 0 Å². The molecule has 0 saturated heterocycles. The van der Waals surface area contributed by atoms with E-state index >= 15 is 0 Å². The van der Waals surface area contributed by atoms with Crippen molar-refractivity contribution >= 4 is 43.7 Å². The molecule has 0 unspecified atom stereocenters. The number of oxazole rings is 1. The highest BCUT2D eigenvalue weighted by Gasteiger charge is 2.18.